The van der Waals surface area contributed by atoms with Crippen LogP contribution in [0.4, 0.5) is 5.69 Å². The Bertz CT molecular complexity index is 576. The van der Waals surface area contributed by atoms with E-state index in [0.717, 1.165) is 17.1 Å². The third-order valence-electron chi connectivity index (χ3n) is 4.31. The normalized spacial score (nSPS) is 23.5. The summed E-state index contributed by atoms with van der Waals surface area (Å²) < 4.78 is 0. The van der Waals surface area contributed by atoms with Gasteiger partial charge in [0.1, 0.15) is 0 Å². The van der Waals surface area contributed by atoms with Gasteiger partial charge in [0.2, 0.25) is 0 Å². The van der Waals surface area contributed by atoms with E-state index < -0.39 is 0 Å². The van der Waals surface area contributed by atoms with E-state index in [1.165, 1.54) is 36.8 Å². The zero-order valence-electron chi connectivity index (χ0n) is 11.8. The van der Waals surface area contributed by atoms with E-state index in [-0.39, 0.29) is 0 Å². The topological polar surface area (TPSA) is 24.9 Å². The largest absolute Gasteiger partial charge is 0.380 e. The van der Waals surface area contributed by atoms with Crippen LogP contribution in [0.1, 0.15) is 38.3 Å². The molecule has 1 N–H and O–H groups in total. The molecule has 1 saturated carbocycles. The molecule has 0 spiro atoms. The predicted octanol–water partition coefficient (Wildman–Crippen LogP) is 4.53. The number of nitrogens with one attached hydrogen (secondary N) is 1. The Balaban J connectivity index is 1.93. The number of anilines is 1. The molecular formula is C17H22N2. The highest BCUT2D eigenvalue weighted by atomic mass is 14.9. The molecule has 1 heterocycles. The van der Waals surface area contributed by atoms with Crippen LogP contribution in [0.2, 0.25) is 0 Å². The maximum Gasteiger partial charge on any atom is 0.0936 e. The predicted molar refractivity (Wildman–Crippen MR) is 81.5 cm³/mol. The molecule has 2 atom stereocenters. The van der Waals surface area contributed by atoms with E-state index in [2.05, 4.69) is 49.5 Å². The molecule has 1 aliphatic rings. The van der Waals surface area contributed by atoms with E-state index in [1.807, 2.05) is 0 Å². The van der Waals surface area contributed by atoms with E-state index in [0.29, 0.717) is 6.04 Å². The second kappa shape index (κ2) is 5.20. The first-order valence-electron chi connectivity index (χ1n) is 7.37. The fourth-order valence-corrected chi connectivity index (χ4v) is 3.09. The maximum absolute atomic E-state index is 4.70. The number of rotatable bonds is 2. The van der Waals surface area contributed by atoms with Gasteiger partial charge in [-0.2, -0.15) is 0 Å². The lowest BCUT2D eigenvalue weighted by Gasteiger charge is -2.30. The fraction of sp³-hybridized carbons (Fsp3) is 0.471. The average molecular weight is 254 g/mol. The minimum absolute atomic E-state index is 0.599. The highest BCUT2D eigenvalue weighted by molar-refractivity contribution is 5.90. The van der Waals surface area contributed by atoms with Crippen molar-refractivity contribution >= 4 is 16.6 Å². The molecule has 0 radical (unpaired) electrons. The number of nitrogens with zero attached hydrogens (tertiary/aromatic N) is 1. The maximum atomic E-state index is 4.70. The number of pyridine rings is 1. The molecule has 1 aliphatic carbocycles. The average Bonchev–Trinajstić information content (AvgIpc) is 2.42. The Morgan fingerprint density at radius 2 is 1.95 bits per heavy atom. The smallest absolute Gasteiger partial charge is 0.0936 e. The van der Waals surface area contributed by atoms with Gasteiger partial charge in [-0.3, -0.25) is 4.98 Å². The summed E-state index contributed by atoms with van der Waals surface area (Å²) in [5.74, 6) is 0.758. The fourth-order valence-electron chi connectivity index (χ4n) is 3.09. The van der Waals surface area contributed by atoms with Crippen LogP contribution in [0.15, 0.2) is 30.3 Å². The number of fused-ring (bicyclic) bond motifs is 1. The first-order chi connectivity index (χ1) is 9.24. The molecule has 0 saturated heterocycles. The summed E-state index contributed by atoms with van der Waals surface area (Å²) in [5, 5.41) is 4.96. The van der Waals surface area contributed by atoms with Crippen LogP contribution in [0, 0.1) is 12.8 Å². The number of hydrogen-bond donors (Lipinski definition) is 1. The third kappa shape index (κ3) is 2.58. The number of benzene rings is 1. The van der Waals surface area contributed by atoms with Gasteiger partial charge in [0.15, 0.2) is 0 Å². The van der Waals surface area contributed by atoms with Gasteiger partial charge in [0.25, 0.3) is 0 Å². The lowest BCUT2D eigenvalue weighted by Crippen LogP contribution is -2.30. The van der Waals surface area contributed by atoms with Crippen molar-refractivity contribution in [3.63, 3.8) is 0 Å². The molecular weight excluding hydrogens is 232 g/mol. The van der Waals surface area contributed by atoms with E-state index in [1.54, 1.807) is 0 Å². The molecule has 0 bridgehead atoms. The molecule has 1 fully saturated rings. The Morgan fingerprint density at radius 3 is 2.79 bits per heavy atom. The number of aromatic nitrogens is 1. The van der Waals surface area contributed by atoms with Crippen LogP contribution in [0.5, 0.6) is 0 Å². The molecule has 100 valence electrons. The van der Waals surface area contributed by atoms with Gasteiger partial charge in [0, 0.05) is 17.1 Å². The monoisotopic (exact) mass is 254 g/mol. The second-order valence-corrected chi connectivity index (χ2v) is 5.84. The number of aryl methyl sites for hydroxylation is 1. The van der Waals surface area contributed by atoms with Crippen LogP contribution >= 0.6 is 0 Å². The quantitative estimate of drug-likeness (QED) is 0.851. The van der Waals surface area contributed by atoms with Crippen LogP contribution < -0.4 is 5.32 Å². The molecule has 1 aromatic heterocycles. The van der Waals surface area contributed by atoms with Gasteiger partial charge in [-0.15, -0.1) is 0 Å². The van der Waals surface area contributed by atoms with Gasteiger partial charge >= 0.3 is 0 Å². The van der Waals surface area contributed by atoms with Gasteiger partial charge < -0.3 is 5.32 Å². The van der Waals surface area contributed by atoms with Crippen molar-refractivity contribution in [3.05, 3.63) is 36.0 Å². The van der Waals surface area contributed by atoms with Crippen LogP contribution in [-0.2, 0) is 0 Å². The Hall–Kier alpha value is -1.57. The summed E-state index contributed by atoms with van der Waals surface area (Å²) in [6.07, 6.45) is 5.35. The van der Waals surface area contributed by atoms with Crippen LogP contribution in [-0.4, -0.2) is 11.0 Å². The summed E-state index contributed by atoms with van der Waals surface area (Å²) in [5.41, 5.74) is 3.39. The summed E-state index contributed by atoms with van der Waals surface area (Å²) in [6, 6.07) is 11.3. The minimum atomic E-state index is 0.599. The Labute approximate surface area is 115 Å². The molecule has 2 heteroatoms. The van der Waals surface area contributed by atoms with E-state index >= 15 is 0 Å². The second-order valence-electron chi connectivity index (χ2n) is 5.84. The Kier molecular flexibility index (Phi) is 3.41. The molecule has 0 aliphatic heterocycles. The first kappa shape index (κ1) is 12.5. The highest BCUT2D eigenvalue weighted by Crippen LogP contribution is 2.29. The SMILES string of the molecule is Cc1ccc2cccc(NC3CCCCC3C)c2n1. The lowest BCUT2D eigenvalue weighted by atomic mass is 9.86. The van der Waals surface area contributed by atoms with Gasteiger partial charge in [-0.05, 0) is 37.8 Å². The van der Waals surface area contributed by atoms with Crippen molar-refractivity contribution in [2.24, 2.45) is 5.92 Å². The molecule has 2 aromatic rings. The third-order valence-corrected chi connectivity index (χ3v) is 4.31. The zero-order valence-corrected chi connectivity index (χ0v) is 11.8. The summed E-state index contributed by atoms with van der Waals surface area (Å²) >= 11 is 0. The molecule has 2 unspecified atom stereocenters. The van der Waals surface area contributed by atoms with Crippen LogP contribution in [0.25, 0.3) is 10.9 Å². The molecule has 2 nitrogen and oxygen atoms in total. The van der Waals surface area contributed by atoms with Crippen molar-refractivity contribution in [2.45, 2.75) is 45.6 Å². The van der Waals surface area contributed by atoms with E-state index in [9.17, 15) is 0 Å². The van der Waals surface area contributed by atoms with Crippen molar-refractivity contribution in [2.75, 3.05) is 5.32 Å². The molecule has 0 amide bonds. The van der Waals surface area contributed by atoms with Crippen molar-refractivity contribution in [1.29, 1.82) is 0 Å². The zero-order chi connectivity index (χ0) is 13.2. The van der Waals surface area contributed by atoms with Gasteiger partial charge in [-0.25, -0.2) is 0 Å². The van der Waals surface area contributed by atoms with Crippen molar-refractivity contribution in [3.8, 4) is 0 Å². The van der Waals surface area contributed by atoms with E-state index in [4.69, 9.17) is 4.98 Å². The van der Waals surface area contributed by atoms with Gasteiger partial charge in [-0.1, -0.05) is 38.0 Å². The standard InChI is InChI=1S/C17H22N2/c1-12-6-3-4-8-15(12)19-16-9-5-7-14-11-10-13(2)18-17(14)16/h5,7,9-12,15,19H,3-4,6,8H2,1-2H3. The van der Waals surface area contributed by atoms with Crippen molar-refractivity contribution < 1.29 is 0 Å². The van der Waals surface area contributed by atoms with Gasteiger partial charge in [0.05, 0.1) is 11.2 Å². The minimum Gasteiger partial charge on any atom is -0.380 e. The Morgan fingerprint density at radius 1 is 1.11 bits per heavy atom. The lowest BCUT2D eigenvalue weighted by molar-refractivity contribution is 0.350. The molecule has 3 rings (SSSR count). The molecule has 1 aromatic carbocycles. The summed E-state index contributed by atoms with van der Waals surface area (Å²) in [7, 11) is 0. The first-order valence-corrected chi connectivity index (χ1v) is 7.37. The highest BCUT2D eigenvalue weighted by Gasteiger charge is 2.21. The molecule has 19 heavy (non-hydrogen) atoms. The van der Waals surface area contributed by atoms with Crippen LogP contribution in [0.3, 0.4) is 0 Å². The number of para-hydroxylation sites is 1. The van der Waals surface area contributed by atoms with Crippen molar-refractivity contribution in [1.82, 2.24) is 4.98 Å². The summed E-state index contributed by atoms with van der Waals surface area (Å²) in [4.78, 5) is 4.70. The number of hydrogen-bond acceptors (Lipinski definition) is 2. The summed E-state index contributed by atoms with van der Waals surface area (Å²) in [6.45, 7) is 4.42.